The highest BCUT2D eigenvalue weighted by atomic mass is 16.3. The van der Waals surface area contributed by atoms with Crippen LogP contribution < -0.4 is 5.32 Å². The van der Waals surface area contributed by atoms with Gasteiger partial charge in [-0.05, 0) is 12.8 Å². The number of aliphatic hydroxyl groups excluding tert-OH is 1. The Morgan fingerprint density at radius 3 is 2.64 bits per heavy atom. The van der Waals surface area contributed by atoms with Crippen LogP contribution in [-0.4, -0.2) is 48.7 Å². The molecule has 82 valence electrons. The Hall–Kier alpha value is -0.610. The molecule has 1 fully saturated rings. The van der Waals surface area contributed by atoms with Crippen LogP contribution in [-0.2, 0) is 4.79 Å². The van der Waals surface area contributed by atoms with Gasteiger partial charge < -0.3 is 10.4 Å². The second-order valence-corrected chi connectivity index (χ2v) is 3.77. The van der Waals surface area contributed by atoms with Crippen molar-refractivity contribution in [3.63, 3.8) is 0 Å². The molecule has 4 heteroatoms. The van der Waals surface area contributed by atoms with E-state index < -0.39 is 0 Å². The molecule has 0 spiro atoms. The molecular weight excluding hydrogens is 180 g/mol. The molecule has 1 rings (SSSR count). The van der Waals surface area contributed by atoms with Crippen molar-refractivity contribution in [3.05, 3.63) is 0 Å². The Balaban J connectivity index is 2.25. The monoisotopic (exact) mass is 200 g/mol. The van der Waals surface area contributed by atoms with E-state index in [2.05, 4.69) is 10.2 Å². The summed E-state index contributed by atoms with van der Waals surface area (Å²) in [6.07, 6.45) is 5.80. The van der Waals surface area contributed by atoms with Gasteiger partial charge in [-0.1, -0.05) is 12.8 Å². The molecule has 4 nitrogen and oxygen atoms in total. The fourth-order valence-electron chi connectivity index (χ4n) is 2.14. The minimum Gasteiger partial charge on any atom is -0.395 e. The molecule has 1 aliphatic carbocycles. The average molecular weight is 200 g/mol. The molecule has 1 amide bonds. The molecule has 0 atom stereocenters. The van der Waals surface area contributed by atoms with Gasteiger partial charge in [0.2, 0.25) is 6.41 Å². The van der Waals surface area contributed by atoms with E-state index in [9.17, 15) is 4.79 Å². The van der Waals surface area contributed by atoms with Gasteiger partial charge in [-0.3, -0.25) is 9.69 Å². The summed E-state index contributed by atoms with van der Waals surface area (Å²) in [5, 5.41) is 11.6. The maximum atomic E-state index is 10.1. The van der Waals surface area contributed by atoms with Gasteiger partial charge in [0.1, 0.15) is 0 Å². The lowest BCUT2D eigenvalue weighted by atomic mass is 10.2. The minimum atomic E-state index is 0.206. The number of hydrogen-bond donors (Lipinski definition) is 2. The van der Waals surface area contributed by atoms with E-state index in [1.807, 2.05) is 0 Å². The zero-order valence-corrected chi connectivity index (χ0v) is 8.61. The molecule has 0 heterocycles. The lowest BCUT2D eigenvalue weighted by Gasteiger charge is -2.27. The molecule has 0 unspecified atom stereocenters. The average Bonchev–Trinajstić information content (AvgIpc) is 2.70. The Kier molecular flexibility index (Phi) is 5.56. The maximum Gasteiger partial charge on any atom is 0.207 e. The van der Waals surface area contributed by atoms with Crippen LogP contribution in [0.4, 0.5) is 0 Å². The third-order valence-corrected chi connectivity index (χ3v) is 2.85. The van der Waals surface area contributed by atoms with E-state index in [1.165, 1.54) is 25.7 Å². The van der Waals surface area contributed by atoms with Crippen LogP contribution in [0.2, 0.25) is 0 Å². The highest BCUT2D eigenvalue weighted by Gasteiger charge is 2.21. The maximum absolute atomic E-state index is 10.1. The van der Waals surface area contributed by atoms with Crippen LogP contribution in [0.5, 0.6) is 0 Å². The van der Waals surface area contributed by atoms with E-state index in [1.54, 1.807) is 0 Å². The molecule has 0 aromatic carbocycles. The first-order valence-corrected chi connectivity index (χ1v) is 5.40. The van der Waals surface area contributed by atoms with Crippen molar-refractivity contribution >= 4 is 6.41 Å². The number of carbonyl (C=O) groups is 1. The van der Waals surface area contributed by atoms with Crippen molar-refractivity contribution in [2.24, 2.45) is 0 Å². The molecule has 0 saturated heterocycles. The lowest BCUT2D eigenvalue weighted by molar-refractivity contribution is -0.109. The first kappa shape index (κ1) is 11.5. The first-order valence-electron chi connectivity index (χ1n) is 5.40. The van der Waals surface area contributed by atoms with Crippen molar-refractivity contribution in [2.45, 2.75) is 31.7 Å². The predicted molar refractivity (Wildman–Crippen MR) is 55.0 cm³/mol. The molecule has 1 aliphatic rings. The molecular formula is C10H20N2O2. The number of carbonyl (C=O) groups excluding carboxylic acids is 1. The fourth-order valence-corrected chi connectivity index (χ4v) is 2.14. The summed E-state index contributed by atoms with van der Waals surface area (Å²) in [5.41, 5.74) is 0. The smallest absolute Gasteiger partial charge is 0.207 e. The molecule has 0 radical (unpaired) electrons. The summed E-state index contributed by atoms with van der Waals surface area (Å²) in [6.45, 7) is 2.47. The largest absolute Gasteiger partial charge is 0.395 e. The summed E-state index contributed by atoms with van der Waals surface area (Å²) in [6, 6.07) is 0.621. The number of nitrogens with zero attached hydrogens (tertiary/aromatic N) is 1. The van der Waals surface area contributed by atoms with Gasteiger partial charge in [-0.25, -0.2) is 0 Å². The summed E-state index contributed by atoms with van der Waals surface area (Å²) in [7, 11) is 0. The number of nitrogens with one attached hydrogen (secondary N) is 1. The van der Waals surface area contributed by atoms with Gasteiger partial charge in [-0.15, -0.1) is 0 Å². The van der Waals surface area contributed by atoms with Gasteiger partial charge in [0.15, 0.2) is 0 Å². The number of amides is 1. The third-order valence-electron chi connectivity index (χ3n) is 2.85. The Morgan fingerprint density at radius 1 is 1.36 bits per heavy atom. The normalized spacial score (nSPS) is 17.6. The standard InChI is InChI=1S/C10H20N2O2/c13-8-7-12(6-5-11-9-14)10-3-1-2-4-10/h9-10,13H,1-8H2,(H,11,14). The van der Waals surface area contributed by atoms with Crippen molar-refractivity contribution in [1.82, 2.24) is 10.2 Å². The molecule has 0 aliphatic heterocycles. The molecule has 0 bridgehead atoms. The Labute approximate surface area is 85.3 Å². The van der Waals surface area contributed by atoms with Crippen LogP contribution in [0, 0.1) is 0 Å². The van der Waals surface area contributed by atoms with Crippen molar-refractivity contribution in [3.8, 4) is 0 Å². The van der Waals surface area contributed by atoms with Gasteiger partial charge in [0.25, 0.3) is 0 Å². The SMILES string of the molecule is O=CNCCN(CCO)C1CCCC1. The van der Waals surface area contributed by atoms with Gasteiger partial charge in [-0.2, -0.15) is 0 Å². The van der Waals surface area contributed by atoms with E-state index in [0.29, 0.717) is 12.6 Å². The number of hydrogen-bond acceptors (Lipinski definition) is 3. The molecule has 1 saturated carbocycles. The summed E-state index contributed by atoms with van der Waals surface area (Å²) >= 11 is 0. The Morgan fingerprint density at radius 2 is 2.07 bits per heavy atom. The summed E-state index contributed by atoms with van der Waals surface area (Å²) in [5.74, 6) is 0. The highest BCUT2D eigenvalue weighted by Crippen LogP contribution is 2.22. The molecule has 0 aromatic heterocycles. The van der Waals surface area contributed by atoms with Crippen LogP contribution in [0.15, 0.2) is 0 Å². The van der Waals surface area contributed by atoms with Crippen molar-refractivity contribution in [2.75, 3.05) is 26.2 Å². The molecule has 0 aromatic rings. The van der Waals surface area contributed by atoms with Crippen molar-refractivity contribution in [1.29, 1.82) is 0 Å². The van der Waals surface area contributed by atoms with E-state index >= 15 is 0 Å². The van der Waals surface area contributed by atoms with E-state index in [4.69, 9.17) is 5.11 Å². The van der Waals surface area contributed by atoms with Crippen LogP contribution in [0.1, 0.15) is 25.7 Å². The number of aliphatic hydroxyl groups is 1. The lowest BCUT2D eigenvalue weighted by Crippen LogP contribution is -2.40. The van der Waals surface area contributed by atoms with E-state index in [0.717, 1.165) is 19.5 Å². The zero-order valence-electron chi connectivity index (χ0n) is 8.61. The van der Waals surface area contributed by atoms with Crippen LogP contribution in [0.3, 0.4) is 0 Å². The number of rotatable bonds is 7. The van der Waals surface area contributed by atoms with Crippen LogP contribution >= 0.6 is 0 Å². The molecule has 2 N–H and O–H groups in total. The van der Waals surface area contributed by atoms with E-state index in [-0.39, 0.29) is 6.61 Å². The summed E-state index contributed by atoms with van der Waals surface area (Å²) < 4.78 is 0. The second-order valence-electron chi connectivity index (χ2n) is 3.77. The van der Waals surface area contributed by atoms with Crippen molar-refractivity contribution < 1.29 is 9.90 Å². The van der Waals surface area contributed by atoms with Gasteiger partial charge in [0.05, 0.1) is 6.61 Å². The van der Waals surface area contributed by atoms with Crippen LogP contribution in [0.25, 0.3) is 0 Å². The second kappa shape index (κ2) is 6.79. The summed E-state index contributed by atoms with van der Waals surface area (Å²) in [4.78, 5) is 12.4. The topological polar surface area (TPSA) is 52.6 Å². The van der Waals surface area contributed by atoms with Gasteiger partial charge >= 0.3 is 0 Å². The Bertz CT molecular complexity index is 158. The zero-order chi connectivity index (χ0) is 10.2. The van der Waals surface area contributed by atoms with Gasteiger partial charge in [0, 0.05) is 25.7 Å². The molecule has 14 heavy (non-hydrogen) atoms. The quantitative estimate of drug-likeness (QED) is 0.448. The highest BCUT2D eigenvalue weighted by molar-refractivity contribution is 5.45. The predicted octanol–water partition coefficient (Wildman–Crippen LogP) is -0.0307. The minimum absolute atomic E-state index is 0.206. The third kappa shape index (κ3) is 3.64. The first-order chi connectivity index (χ1) is 6.88. The fraction of sp³-hybridized carbons (Fsp3) is 0.900.